The van der Waals surface area contributed by atoms with E-state index < -0.39 is 5.24 Å². The summed E-state index contributed by atoms with van der Waals surface area (Å²) in [5.74, 6) is 0. The van der Waals surface area contributed by atoms with Crippen molar-refractivity contribution >= 4 is 16.8 Å². The molecule has 1 aliphatic rings. The molecular weight excluding hydrogens is 254 g/mol. The van der Waals surface area contributed by atoms with Gasteiger partial charge in [0.05, 0.1) is 12.6 Å². The van der Waals surface area contributed by atoms with Gasteiger partial charge < -0.3 is 9.30 Å². The first-order chi connectivity index (χ1) is 8.66. The van der Waals surface area contributed by atoms with Crippen LogP contribution in [0.3, 0.4) is 0 Å². The number of halogens is 1. The topological polar surface area (TPSA) is 48.3 Å². The molecule has 1 aromatic rings. The van der Waals surface area contributed by atoms with Gasteiger partial charge in [0, 0.05) is 24.8 Å². The van der Waals surface area contributed by atoms with Gasteiger partial charge in [-0.2, -0.15) is 0 Å². The largest absolute Gasteiger partial charge is 0.376 e. The third-order valence-corrected chi connectivity index (χ3v) is 3.30. The molecule has 18 heavy (non-hydrogen) atoms. The van der Waals surface area contributed by atoms with Gasteiger partial charge in [-0.1, -0.05) is 6.07 Å². The van der Waals surface area contributed by atoms with Gasteiger partial charge in [-0.15, -0.1) is 0 Å². The van der Waals surface area contributed by atoms with Gasteiger partial charge in [-0.25, -0.2) is 0 Å². The van der Waals surface area contributed by atoms with Crippen LogP contribution >= 0.6 is 11.6 Å². The molecule has 1 aromatic heterocycles. The number of hydrogen-bond donors (Lipinski definition) is 0. The molecule has 1 unspecified atom stereocenters. The quantitative estimate of drug-likeness (QED) is 0.765. The van der Waals surface area contributed by atoms with E-state index in [-0.39, 0.29) is 18.1 Å². The Bertz CT molecular complexity index is 477. The van der Waals surface area contributed by atoms with Gasteiger partial charge in [0.1, 0.15) is 0 Å². The number of carbonyl (C=O) groups excluding carboxylic acids is 1. The summed E-state index contributed by atoms with van der Waals surface area (Å²) in [5.41, 5.74) is 0.579. The van der Waals surface area contributed by atoms with Crippen molar-refractivity contribution in [1.82, 2.24) is 4.57 Å². The molecule has 0 bridgehead atoms. The third-order valence-electron chi connectivity index (χ3n) is 3.11. The number of nitrogens with zero attached hydrogens (tertiary/aromatic N) is 1. The fraction of sp³-hybridized carbons (Fsp3) is 0.538. The number of aryl methyl sites for hydroxylation is 1. The smallest absolute Gasteiger partial charge is 0.253 e. The molecule has 0 radical (unpaired) electrons. The average Bonchev–Trinajstić information content (AvgIpc) is 2.83. The first-order valence-electron chi connectivity index (χ1n) is 6.15. The van der Waals surface area contributed by atoms with Crippen LogP contribution in [-0.2, 0) is 22.5 Å². The lowest BCUT2D eigenvalue weighted by Gasteiger charge is -2.12. The zero-order valence-electron chi connectivity index (χ0n) is 10.1. The SMILES string of the molecule is O=C(Cl)CCc1cccn(CC2CCCO2)c1=O. The Balaban J connectivity index is 2.08. The molecule has 1 fully saturated rings. The molecule has 1 saturated heterocycles. The summed E-state index contributed by atoms with van der Waals surface area (Å²) in [6.45, 7) is 1.36. The summed E-state index contributed by atoms with van der Waals surface area (Å²) < 4.78 is 7.17. The second-order valence-electron chi connectivity index (χ2n) is 4.48. The summed E-state index contributed by atoms with van der Waals surface area (Å²) in [6, 6.07) is 3.57. The third kappa shape index (κ3) is 3.43. The van der Waals surface area contributed by atoms with Crippen molar-refractivity contribution in [2.45, 2.75) is 38.3 Å². The van der Waals surface area contributed by atoms with Gasteiger partial charge in [0.25, 0.3) is 5.56 Å². The lowest BCUT2D eigenvalue weighted by molar-refractivity contribution is -0.111. The molecule has 0 amide bonds. The Kier molecular flexibility index (Phi) is 4.55. The molecule has 0 aromatic carbocycles. The molecule has 5 heteroatoms. The Morgan fingerprint density at radius 2 is 2.39 bits per heavy atom. The van der Waals surface area contributed by atoms with E-state index in [0.717, 1.165) is 19.4 Å². The van der Waals surface area contributed by atoms with Crippen LogP contribution in [0.15, 0.2) is 23.1 Å². The zero-order chi connectivity index (χ0) is 13.0. The number of rotatable bonds is 5. The predicted octanol–water partition coefficient (Wildman–Crippen LogP) is 1.73. The maximum atomic E-state index is 12.1. The summed E-state index contributed by atoms with van der Waals surface area (Å²) in [6.07, 6.45) is 4.54. The van der Waals surface area contributed by atoms with Crippen LogP contribution in [0.5, 0.6) is 0 Å². The van der Waals surface area contributed by atoms with Crippen LogP contribution in [0.25, 0.3) is 0 Å². The summed E-state index contributed by atoms with van der Waals surface area (Å²) in [7, 11) is 0. The molecule has 0 saturated carbocycles. The average molecular weight is 270 g/mol. The Morgan fingerprint density at radius 1 is 1.56 bits per heavy atom. The highest BCUT2D eigenvalue weighted by atomic mass is 35.5. The monoisotopic (exact) mass is 269 g/mol. The number of ether oxygens (including phenoxy) is 1. The van der Waals surface area contributed by atoms with Gasteiger partial charge >= 0.3 is 0 Å². The molecule has 98 valence electrons. The van der Waals surface area contributed by atoms with Crippen molar-refractivity contribution in [2.24, 2.45) is 0 Å². The summed E-state index contributed by atoms with van der Waals surface area (Å²) in [4.78, 5) is 22.9. The van der Waals surface area contributed by atoms with Crippen LogP contribution in [0, 0.1) is 0 Å². The molecule has 1 aliphatic heterocycles. The summed E-state index contributed by atoms with van der Waals surface area (Å²) >= 11 is 5.29. The van der Waals surface area contributed by atoms with Crippen LogP contribution < -0.4 is 5.56 Å². The van der Waals surface area contributed by atoms with Crippen LogP contribution in [-0.4, -0.2) is 22.5 Å². The fourth-order valence-electron chi connectivity index (χ4n) is 2.16. The maximum Gasteiger partial charge on any atom is 0.253 e. The molecule has 2 heterocycles. The minimum Gasteiger partial charge on any atom is -0.376 e. The normalized spacial score (nSPS) is 19.1. The fourth-order valence-corrected chi connectivity index (χ4v) is 2.26. The van der Waals surface area contributed by atoms with E-state index in [1.54, 1.807) is 16.8 Å². The van der Waals surface area contributed by atoms with Crippen molar-refractivity contribution in [3.63, 3.8) is 0 Å². The Labute approximate surface area is 111 Å². The van der Waals surface area contributed by atoms with Gasteiger partial charge in [0.15, 0.2) is 0 Å². The molecule has 2 rings (SSSR count). The first-order valence-corrected chi connectivity index (χ1v) is 6.53. The second-order valence-corrected chi connectivity index (χ2v) is 4.90. The van der Waals surface area contributed by atoms with Crippen molar-refractivity contribution in [2.75, 3.05) is 6.61 Å². The minimum absolute atomic E-state index is 0.0501. The van der Waals surface area contributed by atoms with Gasteiger partial charge in [0.2, 0.25) is 5.24 Å². The Hall–Kier alpha value is -1.13. The van der Waals surface area contributed by atoms with E-state index in [4.69, 9.17) is 16.3 Å². The second kappa shape index (κ2) is 6.16. The molecule has 0 aliphatic carbocycles. The highest BCUT2D eigenvalue weighted by Gasteiger charge is 2.16. The highest BCUT2D eigenvalue weighted by Crippen LogP contribution is 2.13. The Morgan fingerprint density at radius 3 is 3.06 bits per heavy atom. The standard InChI is InChI=1S/C13H16ClNO3/c14-12(16)6-5-10-3-1-7-15(13(10)17)9-11-4-2-8-18-11/h1,3,7,11H,2,4-6,8-9H2. The molecule has 4 nitrogen and oxygen atoms in total. The number of aromatic nitrogens is 1. The van der Waals surface area contributed by atoms with E-state index in [2.05, 4.69) is 0 Å². The molecular formula is C13H16ClNO3. The van der Waals surface area contributed by atoms with E-state index >= 15 is 0 Å². The van der Waals surface area contributed by atoms with Crippen LogP contribution in [0.1, 0.15) is 24.8 Å². The maximum absolute atomic E-state index is 12.1. The van der Waals surface area contributed by atoms with Crippen molar-refractivity contribution in [3.8, 4) is 0 Å². The number of carbonyl (C=O) groups is 1. The first kappa shape index (κ1) is 13.3. The van der Waals surface area contributed by atoms with E-state index in [1.165, 1.54) is 0 Å². The lowest BCUT2D eigenvalue weighted by Crippen LogP contribution is -2.28. The van der Waals surface area contributed by atoms with Crippen LogP contribution in [0.4, 0.5) is 0 Å². The molecule has 0 N–H and O–H groups in total. The number of pyridine rings is 1. The van der Waals surface area contributed by atoms with E-state index in [1.807, 2.05) is 6.07 Å². The zero-order valence-corrected chi connectivity index (χ0v) is 10.9. The van der Waals surface area contributed by atoms with Crippen molar-refractivity contribution in [1.29, 1.82) is 0 Å². The summed E-state index contributed by atoms with van der Waals surface area (Å²) in [5, 5.41) is -0.413. The predicted molar refractivity (Wildman–Crippen MR) is 68.9 cm³/mol. The highest BCUT2D eigenvalue weighted by molar-refractivity contribution is 6.63. The lowest BCUT2D eigenvalue weighted by atomic mass is 10.1. The molecule has 1 atom stereocenters. The molecule has 0 spiro atoms. The van der Waals surface area contributed by atoms with Gasteiger partial charge in [-0.05, 0) is 36.9 Å². The van der Waals surface area contributed by atoms with Crippen LogP contribution in [0.2, 0.25) is 0 Å². The minimum atomic E-state index is -0.413. The van der Waals surface area contributed by atoms with Gasteiger partial charge in [-0.3, -0.25) is 9.59 Å². The van der Waals surface area contributed by atoms with Crippen molar-refractivity contribution < 1.29 is 9.53 Å². The number of hydrogen-bond acceptors (Lipinski definition) is 3. The van der Waals surface area contributed by atoms with E-state index in [0.29, 0.717) is 18.5 Å². The van der Waals surface area contributed by atoms with E-state index in [9.17, 15) is 9.59 Å². The van der Waals surface area contributed by atoms with Crippen molar-refractivity contribution in [3.05, 3.63) is 34.2 Å².